The summed E-state index contributed by atoms with van der Waals surface area (Å²) in [5.74, 6) is -1.43. The number of rotatable bonds is 5. The zero-order valence-corrected chi connectivity index (χ0v) is 12.9. The standard InChI is InChI=1S/C14H17N3O3S/c1-4-10(14(19)20)16-13(18)12-5-9(6-17(12)3)11-7-21-8(2)15-11/h5-7,10H,4H2,1-3H3,(H,16,18)(H,19,20)/t10-/m1/s1. The van der Waals surface area contributed by atoms with Gasteiger partial charge in [-0.05, 0) is 19.4 Å². The predicted octanol–water partition coefficient (Wildman–Crippen LogP) is 2.05. The Labute approximate surface area is 126 Å². The molecule has 2 aromatic heterocycles. The summed E-state index contributed by atoms with van der Waals surface area (Å²) in [4.78, 5) is 27.5. The maximum absolute atomic E-state index is 12.2. The molecule has 6 nitrogen and oxygen atoms in total. The Morgan fingerprint density at radius 1 is 1.52 bits per heavy atom. The topological polar surface area (TPSA) is 84.2 Å². The molecule has 7 heteroatoms. The summed E-state index contributed by atoms with van der Waals surface area (Å²) in [5, 5.41) is 14.4. The van der Waals surface area contributed by atoms with Crippen molar-refractivity contribution in [1.82, 2.24) is 14.9 Å². The van der Waals surface area contributed by atoms with E-state index in [-0.39, 0.29) is 0 Å². The Hall–Kier alpha value is -2.15. The van der Waals surface area contributed by atoms with Gasteiger partial charge in [0.1, 0.15) is 11.7 Å². The molecule has 0 aliphatic carbocycles. The van der Waals surface area contributed by atoms with Crippen molar-refractivity contribution < 1.29 is 14.7 Å². The van der Waals surface area contributed by atoms with Crippen molar-refractivity contribution >= 4 is 23.2 Å². The molecule has 2 rings (SSSR count). The second-order valence-corrected chi connectivity index (χ2v) is 5.81. The summed E-state index contributed by atoms with van der Waals surface area (Å²) in [5.41, 5.74) is 2.07. The Morgan fingerprint density at radius 2 is 2.24 bits per heavy atom. The molecule has 2 heterocycles. The first-order valence-corrected chi connectivity index (χ1v) is 7.42. The first kappa shape index (κ1) is 15.2. The summed E-state index contributed by atoms with van der Waals surface area (Å²) in [6.07, 6.45) is 2.15. The van der Waals surface area contributed by atoms with Crippen molar-refractivity contribution in [1.29, 1.82) is 0 Å². The number of hydrogen-bond acceptors (Lipinski definition) is 4. The van der Waals surface area contributed by atoms with E-state index in [0.717, 1.165) is 16.3 Å². The van der Waals surface area contributed by atoms with Crippen LogP contribution in [0.15, 0.2) is 17.6 Å². The fraction of sp³-hybridized carbons (Fsp3) is 0.357. The van der Waals surface area contributed by atoms with Crippen LogP contribution >= 0.6 is 11.3 Å². The minimum Gasteiger partial charge on any atom is -0.480 e. The van der Waals surface area contributed by atoms with Crippen molar-refractivity contribution in [3.63, 3.8) is 0 Å². The first-order chi connectivity index (χ1) is 9.92. The van der Waals surface area contributed by atoms with Crippen LogP contribution in [-0.2, 0) is 11.8 Å². The van der Waals surface area contributed by atoms with Gasteiger partial charge < -0.3 is 15.0 Å². The van der Waals surface area contributed by atoms with Crippen molar-refractivity contribution in [3.8, 4) is 11.3 Å². The number of thiazole rings is 1. The monoisotopic (exact) mass is 307 g/mol. The number of aromatic nitrogens is 2. The molecule has 0 radical (unpaired) electrons. The molecule has 2 N–H and O–H groups in total. The molecule has 0 saturated carbocycles. The van der Waals surface area contributed by atoms with Crippen LogP contribution in [0.1, 0.15) is 28.8 Å². The Morgan fingerprint density at radius 3 is 2.76 bits per heavy atom. The number of hydrogen-bond donors (Lipinski definition) is 2. The predicted molar refractivity (Wildman–Crippen MR) is 80.4 cm³/mol. The maximum atomic E-state index is 12.2. The zero-order valence-electron chi connectivity index (χ0n) is 12.1. The summed E-state index contributed by atoms with van der Waals surface area (Å²) < 4.78 is 1.67. The summed E-state index contributed by atoms with van der Waals surface area (Å²) in [6.45, 7) is 3.64. The molecule has 0 fully saturated rings. The summed E-state index contributed by atoms with van der Waals surface area (Å²) in [6, 6.07) is 0.843. The molecule has 0 bridgehead atoms. The molecule has 0 unspecified atom stereocenters. The van der Waals surface area contributed by atoms with Crippen LogP contribution in [0.25, 0.3) is 11.3 Å². The number of aryl methyl sites for hydroxylation is 2. The van der Waals surface area contributed by atoms with Gasteiger partial charge in [0.15, 0.2) is 0 Å². The van der Waals surface area contributed by atoms with Crippen molar-refractivity contribution in [3.05, 3.63) is 28.3 Å². The van der Waals surface area contributed by atoms with E-state index >= 15 is 0 Å². The number of nitrogens with zero attached hydrogens (tertiary/aromatic N) is 2. The number of nitrogens with one attached hydrogen (secondary N) is 1. The van der Waals surface area contributed by atoms with Gasteiger partial charge in [0.25, 0.3) is 5.91 Å². The van der Waals surface area contributed by atoms with Gasteiger partial charge in [0.2, 0.25) is 0 Å². The molecule has 0 saturated heterocycles. The molecule has 0 aliphatic heterocycles. The molecule has 2 aromatic rings. The highest BCUT2D eigenvalue weighted by Crippen LogP contribution is 2.23. The average molecular weight is 307 g/mol. The highest BCUT2D eigenvalue weighted by Gasteiger charge is 2.21. The van der Waals surface area contributed by atoms with Gasteiger partial charge in [-0.2, -0.15) is 0 Å². The number of carboxylic acid groups (broad SMARTS) is 1. The number of aliphatic carboxylic acids is 1. The van der Waals surface area contributed by atoms with Crippen LogP contribution in [0.4, 0.5) is 0 Å². The maximum Gasteiger partial charge on any atom is 0.326 e. The minimum atomic E-state index is -1.03. The van der Waals surface area contributed by atoms with Gasteiger partial charge in [0, 0.05) is 24.2 Å². The van der Waals surface area contributed by atoms with E-state index in [1.165, 1.54) is 0 Å². The SMILES string of the molecule is CC[C@@H](NC(=O)c1cc(-c2csc(C)n2)cn1C)C(=O)O. The second-order valence-electron chi connectivity index (χ2n) is 4.75. The third kappa shape index (κ3) is 3.30. The van der Waals surface area contributed by atoms with E-state index in [4.69, 9.17) is 5.11 Å². The van der Waals surface area contributed by atoms with Gasteiger partial charge in [-0.25, -0.2) is 9.78 Å². The molecular formula is C14H17N3O3S. The number of amides is 1. The molecular weight excluding hydrogens is 290 g/mol. The zero-order chi connectivity index (χ0) is 15.6. The minimum absolute atomic E-state index is 0.337. The van der Waals surface area contributed by atoms with Gasteiger partial charge in [-0.15, -0.1) is 11.3 Å². The highest BCUT2D eigenvalue weighted by molar-refractivity contribution is 7.09. The Balaban J connectivity index is 2.22. The third-order valence-corrected chi connectivity index (χ3v) is 3.94. The molecule has 0 spiro atoms. The number of carboxylic acids is 1. The van der Waals surface area contributed by atoms with Crippen molar-refractivity contribution in [2.24, 2.45) is 7.05 Å². The van der Waals surface area contributed by atoms with Gasteiger partial charge in [-0.3, -0.25) is 4.79 Å². The molecule has 21 heavy (non-hydrogen) atoms. The largest absolute Gasteiger partial charge is 0.480 e. The summed E-state index contributed by atoms with van der Waals surface area (Å²) in [7, 11) is 1.75. The lowest BCUT2D eigenvalue weighted by molar-refractivity contribution is -0.139. The van der Waals surface area contributed by atoms with Gasteiger partial charge >= 0.3 is 5.97 Å². The van der Waals surface area contributed by atoms with Crippen molar-refractivity contribution in [2.45, 2.75) is 26.3 Å². The average Bonchev–Trinajstić information content (AvgIpc) is 3.01. The van der Waals surface area contributed by atoms with E-state index in [1.807, 2.05) is 18.5 Å². The van der Waals surface area contributed by atoms with E-state index in [0.29, 0.717) is 12.1 Å². The Bertz CT molecular complexity index is 675. The van der Waals surface area contributed by atoms with Crippen LogP contribution < -0.4 is 5.32 Å². The van der Waals surface area contributed by atoms with Crippen LogP contribution in [0.5, 0.6) is 0 Å². The summed E-state index contributed by atoms with van der Waals surface area (Å²) >= 11 is 1.54. The fourth-order valence-electron chi connectivity index (χ4n) is 2.00. The highest BCUT2D eigenvalue weighted by atomic mass is 32.1. The lowest BCUT2D eigenvalue weighted by Gasteiger charge is -2.12. The second kappa shape index (κ2) is 6.09. The van der Waals surface area contributed by atoms with E-state index in [1.54, 1.807) is 35.9 Å². The van der Waals surface area contributed by atoms with Gasteiger partial charge in [0.05, 0.1) is 10.7 Å². The molecule has 0 aliphatic rings. The van der Waals surface area contributed by atoms with E-state index in [9.17, 15) is 9.59 Å². The molecule has 1 amide bonds. The number of carbonyl (C=O) groups is 2. The van der Waals surface area contributed by atoms with Crippen LogP contribution in [-0.4, -0.2) is 32.6 Å². The van der Waals surface area contributed by atoms with Crippen LogP contribution in [0.3, 0.4) is 0 Å². The number of carbonyl (C=O) groups excluding carboxylic acids is 1. The Kier molecular flexibility index (Phi) is 4.42. The first-order valence-electron chi connectivity index (χ1n) is 6.55. The smallest absolute Gasteiger partial charge is 0.326 e. The molecule has 1 atom stereocenters. The molecule has 0 aromatic carbocycles. The lowest BCUT2D eigenvalue weighted by Crippen LogP contribution is -2.40. The van der Waals surface area contributed by atoms with Crippen molar-refractivity contribution in [2.75, 3.05) is 0 Å². The van der Waals surface area contributed by atoms with Gasteiger partial charge in [-0.1, -0.05) is 6.92 Å². The van der Waals surface area contributed by atoms with Crippen LogP contribution in [0.2, 0.25) is 0 Å². The van der Waals surface area contributed by atoms with Crippen LogP contribution in [0, 0.1) is 6.92 Å². The van der Waals surface area contributed by atoms with E-state index < -0.39 is 17.9 Å². The molecule has 112 valence electrons. The van der Waals surface area contributed by atoms with E-state index in [2.05, 4.69) is 10.3 Å². The lowest BCUT2D eigenvalue weighted by atomic mass is 10.2. The third-order valence-electron chi connectivity index (χ3n) is 3.16. The quantitative estimate of drug-likeness (QED) is 0.885. The fourth-order valence-corrected chi connectivity index (χ4v) is 2.62. The normalized spacial score (nSPS) is 12.1.